The molecule has 3 atom stereocenters. The van der Waals surface area contributed by atoms with Crippen LogP contribution in [0.2, 0.25) is 0 Å². The van der Waals surface area contributed by atoms with E-state index in [-0.39, 0.29) is 6.04 Å². The molecule has 0 aliphatic heterocycles. The van der Waals surface area contributed by atoms with Crippen molar-refractivity contribution in [3.05, 3.63) is 0 Å². The van der Waals surface area contributed by atoms with Crippen LogP contribution in [0, 0.1) is 11.8 Å². The lowest BCUT2D eigenvalue weighted by molar-refractivity contribution is 0.146. The summed E-state index contributed by atoms with van der Waals surface area (Å²) in [6.45, 7) is 6.75. The molecule has 18 heavy (non-hydrogen) atoms. The van der Waals surface area contributed by atoms with E-state index in [0.717, 1.165) is 12.8 Å². The molecule has 1 saturated carbocycles. The SMILES string of the molecule is CCN(C1CCCC(C)C1C)S(=O)(=O)C(Br)(Br)Br. The van der Waals surface area contributed by atoms with E-state index in [1.54, 1.807) is 4.31 Å². The van der Waals surface area contributed by atoms with Crippen molar-refractivity contribution in [3.8, 4) is 0 Å². The normalized spacial score (nSPS) is 30.7. The Morgan fingerprint density at radius 2 is 1.78 bits per heavy atom. The molecule has 0 heterocycles. The summed E-state index contributed by atoms with van der Waals surface area (Å²) in [5.41, 5.74) is 0. The Bertz CT molecular complexity index is 380. The molecule has 0 bridgehead atoms. The van der Waals surface area contributed by atoms with Crippen molar-refractivity contribution in [1.29, 1.82) is 0 Å². The topological polar surface area (TPSA) is 37.4 Å². The van der Waals surface area contributed by atoms with Gasteiger partial charge in [-0.2, -0.15) is 4.31 Å². The van der Waals surface area contributed by atoms with Crippen molar-refractivity contribution in [2.24, 2.45) is 11.8 Å². The molecule has 0 saturated heterocycles. The number of hydrogen-bond donors (Lipinski definition) is 0. The molecule has 0 radical (unpaired) electrons. The van der Waals surface area contributed by atoms with Crippen LogP contribution < -0.4 is 0 Å². The highest BCUT2D eigenvalue weighted by Crippen LogP contribution is 2.44. The second-order valence-corrected chi connectivity index (χ2v) is 15.4. The first kappa shape index (κ1) is 17.4. The van der Waals surface area contributed by atoms with Gasteiger partial charge in [-0.05, 0) is 66.0 Å². The highest BCUT2D eigenvalue weighted by Gasteiger charge is 2.45. The minimum absolute atomic E-state index is 0.0933. The Morgan fingerprint density at radius 1 is 1.22 bits per heavy atom. The zero-order chi connectivity index (χ0) is 14.1. The fourth-order valence-corrected chi connectivity index (χ4v) is 5.61. The zero-order valence-corrected chi connectivity index (χ0v) is 16.4. The summed E-state index contributed by atoms with van der Waals surface area (Å²) in [7, 11) is -3.46. The third-order valence-corrected chi connectivity index (χ3v) is 9.36. The number of rotatable bonds is 3. The van der Waals surface area contributed by atoms with Gasteiger partial charge in [0.05, 0.1) is 0 Å². The summed E-state index contributed by atoms with van der Waals surface area (Å²) in [4.78, 5) is 0. The van der Waals surface area contributed by atoms with Crippen LogP contribution in [-0.4, -0.2) is 26.8 Å². The number of hydrogen-bond acceptors (Lipinski definition) is 2. The van der Waals surface area contributed by atoms with Gasteiger partial charge in [-0.3, -0.25) is 0 Å². The molecular weight excluding hydrogens is 450 g/mol. The first-order valence-corrected chi connectivity index (χ1v) is 10.0. The molecule has 0 aromatic rings. The Morgan fingerprint density at radius 3 is 2.22 bits per heavy atom. The number of halogens is 3. The molecule has 0 aromatic heterocycles. The van der Waals surface area contributed by atoms with E-state index in [1.165, 1.54) is 6.42 Å². The lowest BCUT2D eigenvalue weighted by Crippen LogP contribution is -2.50. The lowest BCUT2D eigenvalue weighted by atomic mass is 9.78. The maximum absolute atomic E-state index is 12.5. The van der Waals surface area contributed by atoms with E-state index in [4.69, 9.17) is 0 Å². The average Bonchev–Trinajstić information content (AvgIpc) is 2.23. The van der Waals surface area contributed by atoms with Crippen molar-refractivity contribution in [3.63, 3.8) is 0 Å². The van der Waals surface area contributed by atoms with Gasteiger partial charge >= 0.3 is 0 Å². The van der Waals surface area contributed by atoms with Crippen LogP contribution in [0.3, 0.4) is 0 Å². The summed E-state index contributed by atoms with van der Waals surface area (Å²) in [5.74, 6) is 0.965. The molecule has 0 N–H and O–H groups in total. The van der Waals surface area contributed by atoms with E-state index in [0.29, 0.717) is 18.4 Å². The predicted molar refractivity (Wildman–Crippen MR) is 86.8 cm³/mol. The number of nitrogens with zero attached hydrogens (tertiary/aromatic N) is 1. The zero-order valence-electron chi connectivity index (χ0n) is 10.9. The Hall–Kier alpha value is 1.35. The molecule has 0 amide bonds. The van der Waals surface area contributed by atoms with Gasteiger partial charge in [-0.1, -0.05) is 33.6 Å². The first-order valence-electron chi connectivity index (χ1n) is 6.21. The first-order chi connectivity index (χ1) is 8.13. The molecule has 1 aliphatic rings. The van der Waals surface area contributed by atoms with Crippen LogP contribution >= 0.6 is 47.8 Å². The Labute approximate surface area is 136 Å². The monoisotopic (exact) mass is 467 g/mol. The molecule has 7 heteroatoms. The Kier molecular flexibility index (Phi) is 6.20. The van der Waals surface area contributed by atoms with Gasteiger partial charge in [0, 0.05) is 12.6 Å². The molecule has 1 fully saturated rings. The minimum Gasteiger partial charge on any atom is -0.209 e. The predicted octanol–water partition coefficient (Wildman–Crippen LogP) is 4.26. The highest BCUT2D eigenvalue weighted by atomic mass is 80.0. The summed E-state index contributed by atoms with van der Waals surface area (Å²) in [6, 6.07) is 0.0933. The van der Waals surface area contributed by atoms with Crippen LogP contribution in [0.4, 0.5) is 0 Å². The van der Waals surface area contributed by atoms with E-state index in [9.17, 15) is 8.42 Å². The molecule has 1 rings (SSSR count). The maximum atomic E-state index is 12.5. The molecule has 0 aromatic carbocycles. The molecule has 1 aliphatic carbocycles. The average molecular weight is 470 g/mol. The van der Waals surface area contributed by atoms with Gasteiger partial charge in [-0.25, -0.2) is 8.42 Å². The number of alkyl halides is 3. The van der Waals surface area contributed by atoms with Gasteiger partial charge < -0.3 is 0 Å². The van der Waals surface area contributed by atoms with Gasteiger partial charge in [0.1, 0.15) is 0 Å². The maximum Gasteiger partial charge on any atom is 0.250 e. The smallest absolute Gasteiger partial charge is 0.209 e. The standard InChI is InChI=1S/C11H20Br3NO2S/c1-4-15(18(16,17)11(12,13)14)10-7-5-6-8(2)9(10)3/h8-10H,4-7H2,1-3H3. The van der Waals surface area contributed by atoms with Crippen LogP contribution in [-0.2, 0) is 10.0 Å². The van der Waals surface area contributed by atoms with Crippen LogP contribution in [0.5, 0.6) is 0 Å². The van der Waals surface area contributed by atoms with E-state index in [2.05, 4.69) is 61.6 Å². The van der Waals surface area contributed by atoms with Gasteiger partial charge in [0.2, 0.25) is 1.47 Å². The quantitative estimate of drug-likeness (QED) is 0.579. The fourth-order valence-electron chi connectivity index (χ4n) is 2.68. The lowest BCUT2D eigenvalue weighted by Gasteiger charge is -2.41. The van der Waals surface area contributed by atoms with Crippen molar-refractivity contribution in [2.45, 2.75) is 47.6 Å². The van der Waals surface area contributed by atoms with E-state index in [1.807, 2.05) is 6.92 Å². The summed E-state index contributed by atoms with van der Waals surface area (Å²) in [5, 5.41) is 0. The van der Waals surface area contributed by atoms with Gasteiger partial charge in [-0.15, -0.1) is 0 Å². The largest absolute Gasteiger partial charge is 0.250 e. The Balaban J connectivity index is 3.04. The van der Waals surface area contributed by atoms with Crippen molar-refractivity contribution in [2.75, 3.05) is 6.54 Å². The van der Waals surface area contributed by atoms with Crippen molar-refractivity contribution < 1.29 is 8.42 Å². The summed E-state index contributed by atoms with van der Waals surface area (Å²) < 4.78 is 25.4. The molecule has 108 valence electrons. The second-order valence-electron chi connectivity index (χ2n) is 4.99. The van der Waals surface area contributed by atoms with Crippen molar-refractivity contribution >= 4 is 57.8 Å². The highest BCUT2D eigenvalue weighted by molar-refractivity contribution is 9.42. The summed E-state index contributed by atoms with van der Waals surface area (Å²) >= 11 is 9.44. The second kappa shape index (κ2) is 6.41. The van der Waals surface area contributed by atoms with Crippen LogP contribution in [0.15, 0.2) is 0 Å². The van der Waals surface area contributed by atoms with Gasteiger partial charge in [0.25, 0.3) is 10.0 Å². The van der Waals surface area contributed by atoms with Crippen molar-refractivity contribution in [1.82, 2.24) is 4.31 Å². The van der Waals surface area contributed by atoms with E-state index >= 15 is 0 Å². The molecule has 3 unspecified atom stereocenters. The number of sulfonamides is 1. The molecular formula is C11H20Br3NO2S. The van der Waals surface area contributed by atoms with E-state index < -0.39 is 11.5 Å². The fraction of sp³-hybridized carbons (Fsp3) is 1.00. The third kappa shape index (κ3) is 3.51. The van der Waals surface area contributed by atoms with Crippen LogP contribution in [0.25, 0.3) is 0 Å². The third-order valence-electron chi connectivity index (χ3n) is 3.95. The van der Waals surface area contributed by atoms with Gasteiger partial charge in [0.15, 0.2) is 0 Å². The minimum atomic E-state index is -3.46. The summed E-state index contributed by atoms with van der Waals surface area (Å²) in [6.07, 6.45) is 3.24. The van der Waals surface area contributed by atoms with Crippen LogP contribution in [0.1, 0.15) is 40.0 Å². The molecule has 3 nitrogen and oxygen atoms in total. The molecule has 0 spiro atoms.